The average molecular weight is 525 g/mol. The number of amides is 1. The summed E-state index contributed by atoms with van der Waals surface area (Å²) in [5.41, 5.74) is 4.27. The van der Waals surface area contributed by atoms with Gasteiger partial charge in [-0.2, -0.15) is 8.42 Å². The Kier molecular flexibility index (Phi) is 9.07. The van der Waals surface area contributed by atoms with Gasteiger partial charge in [0, 0.05) is 41.8 Å². The monoisotopic (exact) mass is 524 g/mol. The van der Waals surface area contributed by atoms with Crippen molar-refractivity contribution >= 4 is 44.4 Å². The lowest BCUT2D eigenvalue weighted by atomic mass is 9.88. The zero-order chi connectivity index (χ0) is 27.2. The van der Waals surface area contributed by atoms with Gasteiger partial charge in [-0.15, -0.1) is 0 Å². The van der Waals surface area contributed by atoms with Crippen LogP contribution in [0.25, 0.3) is 22.0 Å². The van der Waals surface area contributed by atoms with E-state index in [-0.39, 0.29) is 17.8 Å². The first kappa shape index (κ1) is 27.9. The molecule has 0 radical (unpaired) electrons. The Bertz CT molecular complexity index is 1480. The van der Waals surface area contributed by atoms with Crippen molar-refractivity contribution in [2.45, 2.75) is 26.8 Å². The van der Waals surface area contributed by atoms with Crippen LogP contribution in [-0.4, -0.2) is 52.2 Å². The molecule has 0 fully saturated rings. The number of rotatable bonds is 11. The predicted octanol–water partition coefficient (Wildman–Crippen LogP) is 4.13. The van der Waals surface area contributed by atoms with E-state index in [1.54, 1.807) is 7.11 Å². The molecule has 2 aromatic carbocycles. The van der Waals surface area contributed by atoms with Crippen LogP contribution in [-0.2, 0) is 30.4 Å². The van der Waals surface area contributed by atoms with Crippen molar-refractivity contribution in [2.24, 2.45) is 0 Å². The largest absolute Gasteiger partial charge is 0.497 e. The number of carbonyl (C=O) groups is 2. The Morgan fingerprint density at radius 1 is 1.14 bits per heavy atom. The minimum absolute atomic E-state index is 0.0401. The number of hydrogen-bond acceptors (Lipinski definition) is 6. The number of para-hydroxylation sites is 1. The molecule has 1 heterocycles. The Hall–Kier alpha value is -3.69. The highest BCUT2D eigenvalue weighted by Crippen LogP contribution is 2.36. The van der Waals surface area contributed by atoms with Crippen molar-refractivity contribution in [2.75, 3.05) is 27.0 Å². The number of likely N-dealkylation sites (N-methyl/N-ethyl adjacent to an activating group) is 1. The Morgan fingerprint density at radius 3 is 2.49 bits per heavy atom. The lowest BCUT2D eigenvalue weighted by Crippen LogP contribution is -2.22. The number of aldehydes is 1. The molecule has 1 amide bonds. The molecule has 1 N–H and O–H groups in total. The molecular formula is C28H32N2O6S. The van der Waals surface area contributed by atoms with Crippen molar-refractivity contribution in [1.29, 1.82) is 0 Å². The normalized spacial score (nSPS) is 12.8. The van der Waals surface area contributed by atoms with Crippen LogP contribution < -0.4 is 10.1 Å². The summed E-state index contributed by atoms with van der Waals surface area (Å²) in [6.45, 7) is 4.26. The highest BCUT2D eigenvalue weighted by molar-refractivity contribution is 7.85. The molecule has 1 aromatic heterocycles. The number of ether oxygens (including phenoxy) is 1. The summed E-state index contributed by atoms with van der Waals surface area (Å²) in [6, 6.07) is 13.2. The molecule has 0 unspecified atom stereocenters. The molecule has 0 spiro atoms. The first-order chi connectivity index (χ1) is 17.6. The molecule has 37 heavy (non-hydrogen) atoms. The summed E-state index contributed by atoms with van der Waals surface area (Å²) in [6.07, 6.45) is 5.81. The first-order valence-electron chi connectivity index (χ1n) is 11.8. The summed E-state index contributed by atoms with van der Waals surface area (Å²) in [4.78, 5) is 26.0. The number of aromatic nitrogens is 1. The van der Waals surface area contributed by atoms with Crippen LogP contribution in [0.1, 0.15) is 30.0 Å². The maximum Gasteiger partial charge on any atom is 0.264 e. The van der Waals surface area contributed by atoms with Crippen molar-refractivity contribution in [1.82, 2.24) is 9.88 Å². The zero-order valence-corrected chi connectivity index (χ0v) is 22.5. The summed E-state index contributed by atoms with van der Waals surface area (Å²) in [5.74, 6) is 0.243. The number of aryl methyl sites for hydroxylation is 2. The molecule has 0 aliphatic heterocycles. The maximum atomic E-state index is 13.3. The van der Waals surface area contributed by atoms with Crippen LogP contribution in [0.4, 0.5) is 0 Å². The molecule has 0 saturated heterocycles. The molecule has 3 rings (SSSR count). The topological polar surface area (TPSA) is 104 Å². The van der Waals surface area contributed by atoms with Gasteiger partial charge in [-0.25, -0.2) is 0 Å². The summed E-state index contributed by atoms with van der Waals surface area (Å²) >= 11 is 0. The number of nitrogens with one attached hydrogen (secondary N) is 1. The highest BCUT2D eigenvalue weighted by Gasteiger charge is 2.24. The van der Waals surface area contributed by atoms with Gasteiger partial charge in [-0.3, -0.25) is 13.8 Å². The predicted molar refractivity (Wildman–Crippen MR) is 146 cm³/mol. The number of benzene rings is 2. The molecule has 0 bridgehead atoms. The van der Waals surface area contributed by atoms with Gasteiger partial charge in [0.25, 0.3) is 16.0 Å². The second-order valence-electron chi connectivity index (χ2n) is 8.50. The van der Waals surface area contributed by atoms with Gasteiger partial charge in [0.15, 0.2) is 6.29 Å². The lowest BCUT2D eigenvalue weighted by molar-refractivity contribution is -0.116. The van der Waals surface area contributed by atoms with E-state index in [1.165, 1.54) is 7.05 Å². The van der Waals surface area contributed by atoms with E-state index < -0.39 is 16.0 Å². The number of carbonyl (C=O) groups excluding carboxylic acids is 2. The summed E-state index contributed by atoms with van der Waals surface area (Å²) in [7, 11) is -0.422. The number of nitrogens with zero attached hydrogens (tertiary/aromatic N) is 1. The van der Waals surface area contributed by atoms with Crippen LogP contribution in [0.15, 0.2) is 60.3 Å². The third kappa shape index (κ3) is 6.36. The fourth-order valence-electron chi connectivity index (χ4n) is 4.32. The summed E-state index contributed by atoms with van der Waals surface area (Å²) in [5, 5.41) is 3.48. The second kappa shape index (κ2) is 12.0. The van der Waals surface area contributed by atoms with Gasteiger partial charge < -0.3 is 14.6 Å². The molecule has 3 aromatic rings. The van der Waals surface area contributed by atoms with Gasteiger partial charge in [0.1, 0.15) is 5.75 Å². The van der Waals surface area contributed by atoms with Crippen molar-refractivity contribution in [3.63, 3.8) is 0 Å². The fourth-order valence-corrected chi connectivity index (χ4v) is 4.74. The maximum absolute atomic E-state index is 13.3. The minimum Gasteiger partial charge on any atom is -0.497 e. The number of allylic oxidation sites excluding steroid dienone is 2. The standard InChI is InChI=1S/C28H32N2O6S/c1-6-21(23-16-20(35-4)13-12-19(23)2)27(28(32)29-3)25(18-31)24-17-30(14-9-15-36-37(5,33)34)26-11-8-7-10-22(24)26/h6-8,10-13,16-18H,9,14-15H2,1-5H3,(H,29,32)/b21-6+,27-25+. The average Bonchev–Trinajstić information content (AvgIpc) is 3.25. The molecule has 9 heteroatoms. The zero-order valence-electron chi connectivity index (χ0n) is 21.7. The molecule has 0 atom stereocenters. The van der Waals surface area contributed by atoms with Crippen LogP contribution in [0.2, 0.25) is 0 Å². The van der Waals surface area contributed by atoms with Crippen molar-refractivity contribution in [3.05, 3.63) is 77.0 Å². The Balaban J connectivity index is 2.21. The fraction of sp³-hybridized carbons (Fsp3) is 0.286. The molecule has 196 valence electrons. The van der Waals surface area contributed by atoms with Gasteiger partial charge in [0.05, 0.1) is 25.5 Å². The number of hydrogen-bond donors (Lipinski definition) is 1. The van der Waals surface area contributed by atoms with Gasteiger partial charge >= 0.3 is 0 Å². The highest BCUT2D eigenvalue weighted by atomic mass is 32.2. The van der Waals surface area contributed by atoms with E-state index in [9.17, 15) is 18.0 Å². The van der Waals surface area contributed by atoms with Crippen molar-refractivity contribution < 1.29 is 26.9 Å². The van der Waals surface area contributed by atoms with Gasteiger partial charge in [-0.05, 0) is 55.2 Å². The van der Waals surface area contributed by atoms with E-state index in [2.05, 4.69) is 5.32 Å². The van der Waals surface area contributed by atoms with E-state index in [4.69, 9.17) is 8.92 Å². The number of methoxy groups -OCH3 is 1. The van der Waals surface area contributed by atoms with Crippen molar-refractivity contribution in [3.8, 4) is 5.75 Å². The molecule has 0 saturated carbocycles. The second-order valence-corrected chi connectivity index (χ2v) is 10.1. The van der Waals surface area contributed by atoms with Crippen LogP contribution in [0, 0.1) is 6.92 Å². The van der Waals surface area contributed by atoms with Crippen LogP contribution in [0.5, 0.6) is 5.75 Å². The smallest absolute Gasteiger partial charge is 0.264 e. The van der Waals surface area contributed by atoms with E-state index in [0.717, 1.165) is 28.3 Å². The lowest BCUT2D eigenvalue weighted by Gasteiger charge is -2.17. The van der Waals surface area contributed by atoms with Crippen LogP contribution in [0.3, 0.4) is 0 Å². The quantitative estimate of drug-likeness (QED) is 0.133. The van der Waals surface area contributed by atoms with E-state index in [1.807, 2.05) is 73.2 Å². The third-order valence-corrected chi connectivity index (χ3v) is 6.65. The summed E-state index contributed by atoms with van der Waals surface area (Å²) < 4.78 is 34.8. The Morgan fingerprint density at radius 2 is 1.86 bits per heavy atom. The van der Waals surface area contributed by atoms with Gasteiger partial charge in [0.2, 0.25) is 0 Å². The van der Waals surface area contributed by atoms with E-state index in [0.29, 0.717) is 36.1 Å². The first-order valence-corrected chi connectivity index (χ1v) is 13.6. The molecular weight excluding hydrogens is 492 g/mol. The molecule has 8 nitrogen and oxygen atoms in total. The Labute approximate surface area is 217 Å². The number of fused-ring (bicyclic) bond motifs is 1. The van der Waals surface area contributed by atoms with Gasteiger partial charge in [-0.1, -0.05) is 30.3 Å². The van der Waals surface area contributed by atoms with Crippen LogP contribution >= 0.6 is 0 Å². The molecule has 0 aliphatic carbocycles. The van der Waals surface area contributed by atoms with E-state index >= 15 is 0 Å². The molecule has 0 aliphatic rings. The third-order valence-electron chi connectivity index (χ3n) is 6.05. The minimum atomic E-state index is -3.53. The SMILES string of the molecule is C/C=C(/C(C(=O)NC)=C(/C=O)c1cn(CCCOS(C)(=O)=O)c2ccccc12)c1cc(OC)ccc1C.